The number of halogens is 2. The van der Waals surface area contributed by atoms with Gasteiger partial charge in [0.1, 0.15) is 11.6 Å². The zero-order valence-corrected chi connectivity index (χ0v) is 9.59. The number of rotatable bonds is 2. The molecule has 15 heavy (non-hydrogen) atoms. The van der Waals surface area contributed by atoms with Crippen molar-refractivity contribution in [2.45, 2.75) is 19.3 Å². The molecule has 2 rings (SSSR count). The third-order valence-electron chi connectivity index (χ3n) is 2.49. The first-order valence-electron chi connectivity index (χ1n) is 4.83. The van der Waals surface area contributed by atoms with Gasteiger partial charge in [-0.05, 0) is 25.0 Å². The van der Waals surface area contributed by atoms with Crippen LogP contribution in [0.15, 0.2) is 22.7 Å². The molecule has 1 aliphatic carbocycles. The minimum Gasteiger partial charge on any atom is -0.426 e. The molecule has 80 valence electrons. The smallest absolute Gasteiger partial charge is 0.314 e. The summed E-state index contributed by atoms with van der Waals surface area (Å²) in [6.07, 6.45) is 2.84. The van der Waals surface area contributed by atoms with Gasteiger partial charge in [0, 0.05) is 10.5 Å². The first-order chi connectivity index (χ1) is 7.15. The van der Waals surface area contributed by atoms with Crippen molar-refractivity contribution in [1.29, 1.82) is 0 Å². The molecule has 0 amide bonds. The second-order valence-electron chi connectivity index (χ2n) is 3.65. The van der Waals surface area contributed by atoms with Crippen molar-refractivity contribution < 1.29 is 13.9 Å². The van der Waals surface area contributed by atoms with E-state index < -0.39 is 5.82 Å². The maximum atomic E-state index is 13.0. The van der Waals surface area contributed by atoms with E-state index in [2.05, 4.69) is 15.9 Å². The van der Waals surface area contributed by atoms with Gasteiger partial charge in [0.05, 0.1) is 5.92 Å². The molecule has 0 N–H and O–H groups in total. The molecule has 0 radical (unpaired) electrons. The topological polar surface area (TPSA) is 26.3 Å². The Kier molecular flexibility index (Phi) is 3.05. The van der Waals surface area contributed by atoms with Gasteiger partial charge in [0.25, 0.3) is 0 Å². The quantitative estimate of drug-likeness (QED) is 0.610. The van der Waals surface area contributed by atoms with Crippen LogP contribution >= 0.6 is 15.9 Å². The molecule has 0 bridgehead atoms. The molecule has 0 atom stereocenters. The predicted molar refractivity (Wildman–Crippen MR) is 57.1 cm³/mol. The van der Waals surface area contributed by atoms with E-state index in [1.165, 1.54) is 12.1 Å². The molecule has 0 aliphatic heterocycles. The summed E-state index contributed by atoms with van der Waals surface area (Å²) in [5.41, 5.74) is 0. The maximum Gasteiger partial charge on any atom is 0.314 e. The van der Waals surface area contributed by atoms with E-state index >= 15 is 0 Å². The molecular weight excluding hydrogens is 263 g/mol. The predicted octanol–water partition coefficient (Wildman–Crippen LogP) is 3.29. The van der Waals surface area contributed by atoms with Gasteiger partial charge in [-0.1, -0.05) is 22.4 Å². The number of hydrogen-bond acceptors (Lipinski definition) is 2. The maximum absolute atomic E-state index is 13.0. The van der Waals surface area contributed by atoms with E-state index in [1.807, 2.05) is 0 Å². The van der Waals surface area contributed by atoms with E-state index in [1.54, 1.807) is 6.07 Å². The van der Waals surface area contributed by atoms with Crippen LogP contribution in [0.25, 0.3) is 0 Å². The number of benzene rings is 1. The fourth-order valence-corrected chi connectivity index (χ4v) is 1.88. The molecule has 1 aromatic carbocycles. The van der Waals surface area contributed by atoms with E-state index in [4.69, 9.17) is 4.74 Å². The van der Waals surface area contributed by atoms with Crippen LogP contribution in [0.2, 0.25) is 0 Å². The molecule has 0 unspecified atom stereocenters. The van der Waals surface area contributed by atoms with Crippen molar-refractivity contribution in [3.05, 3.63) is 28.5 Å². The summed E-state index contributed by atoms with van der Waals surface area (Å²) in [5.74, 6) is -0.398. The zero-order chi connectivity index (χ0) is 10.8. The van der Waals surface area contributed by atoms with Crippen molar-refractivity contribution in [2.24, 2.45) is 5.92 Å². The highest BCUT2D eigenvalue weighted by Gasteiger charge is 2.27. The molecule has 1 fully saturated rings. The van der Waals surface area contributed by atoms with Gasteiger partial charge in [-0.15, -0.1) is 0 Å². The van der Waals surface area contributed by atoms with Gasteiger partial charge < -0.3 is 4.74 Å². The highest BCUT2D eigenvalue weighted by Crippen LogP contribution is 2.29. The van der Waals surface area contributed by atoms with Crippen molar-refractivity contribution in [3.63, 3.8) is 0 Å². The molecule has 0 saturated heterocycles. The van der Waals surface area contributed by atoms with Gasteiger partial charge in [-0.25, -0.2) is 4.39 Å². The largest absolute Gasteiger partial charge is 0.426 e. The lowest BCUT2D eigenvalue weighted by atomic mass is 9.86. The van der Waals surface area contributed by atoms with Gasteiger partial charge in [0.15, 0.2) is 0 Å². The fraction of sp³-hybridized carbons (Fsp3) is 0.364. The Morgan fingerprint density at radius 1 is 1.40 bits per heavy atom. The summed E-state index contributed by atoms with van der Waals surface area (Å²) in [6.45, 7) is 0. The highest BCUT2D eigenvalue weighted by atomic mass is 79.9. The number of ether oxygens (including phenoxy) is 1. The average Bonchev–Trinajstić information content (AvgIpc) is 1.96. The Hall–Kier alpha value is -0.900. The molecular formula is C11H10BrFO2. The summed E-state index contributed by atoms with van der Waals surface area (Å²) in [7, 11) is 0. The standard InChI is InChI=1S/C11H10BrFO2/c12-8-4-9(13)6-10(5-8)15-11(14)7-2-1-3-7/h4-7H,1-3H2. The van der Waals surface area contributed by atoms with Crippen LogP contribution in [0, 0.1) is 11.7 Å². The lowest BCUT2D eigenvalue weighted by Crippen LogP contribution is -2.26. The van der Waals surface area contributed by atoms with E-state index in [9.17, 15) is 9.18 Å². The van der Waals surface area contributed by atoms with Crippen molar-refractivity contribution in [2.75, 3.05) is 0 Å². The first kappa shape index (κ1) is 10.6. The minimum atomic E-state index is -0.416. The van der Waals surface area contributed by atoms with Crippen molar-refractivity contribution in [1.82, 2.24) is 0 Å². The van der Waals surface area contributed by atoms with Crippen LogP contribution in [0.3, 0.4) is 0 Å². The average molecular weight is 273 g/mol. The van der Waals surface area contributed by atoms with Crippen LogP contribution in [-0.4, -0.2) is 5.97 Å². The number of hydrogen-bond donors (Lipinski definition) is 0. The fourth-order valence-electron chi connectivity index (χ4n) is 1.43. The van der Waals surface area contributed by atoms with Crippen LogP contribution < -0.4 is 4.74 Å². The van der Waals surface area contributed by atoms with Gasteiger partial charge in [-0.3, -0.25) is 4.79 Å². The third-order valence-corrected chi connectivity index (χ3v) is 2.95. The van der Waals surface area contributed by atoms with Crippen LogP contribution in [-0.2, 0) is 4.79 Å². The Morgan fingerprint density at radius 3 is 2.67 bits per heavy atom. The van der Waals surface area contributed by atoms with Crippen molar-refractivity contribution >= 4 is 21.9 Å². The first-order valence-corrected chi connectivity index (χ1v) is 5.62. The van der Waals surface area contributed by atoms with E-state index in [0.717, 1.165) is 19.3 Å². The van der Waals surface area contributed by atoms with E-state index in [0.29, 0.717) is 4.47 Å². The SMILES string of the molecule is O=C(Oc1cc(F)cc(Br)c1)C1CCC1. The zero-order valence-electron chi connectivity index (χ0n) is 8.00. The van der Waals surface area contributed by atoms with Gasteiger partial charge in [-0.2, -0.15) is 0 Å². The number of esters is 1. The summed E-state index contributed by atoms with van der Waals surface area (Å²) < 4.78 is 18.6. The molecule has 0 spiro atoms. The summed E-state index contributed by atoms with van der Waals surface area (Å²) >= 11 is 3.14. The van der Waals surface area contributed by atoms with Crippen LogP contribution in [0.4, 0.5) is 4.39 Å². The highest BCUT2D eigenvalue weighted by molar-refractivity contribution is 9.10. The molecule has 1 aliphatic rings. The Labute approximate surface area is 95.6 Å². The molecule has 2 nitrogen and oxygen atoms in total. The number of carbonyl (C=O) groups excluding carboxylic acids is 1. The molecule has 1 aromatic rings. The second kappa shape index (κ2) is 4.31. The molecule has 0 aromatic heterocycles. The lowest BCUT2D eigenvalue weighted by Gasteiger charge is -2.22. The minimum absolute atomic E-state index is 0.00652. The Morgan fingerprint density at radius 2 is 2.13 bits per heavy atom. The van der Waals surface area contributed by atoms with Crippen LogP contribution in [0.1, 0.15) is 19.3 Å². The third kappa shape index (κ3) is 2.56. The summed E-state index contributed by atoms with van der Waals surface area (Å²) in [5, 5.41) is 0. The second-order valence-corrected chi connectivity index (χ2v) is 4.57. The normalized spacial score (nSPS) is 15.9. The summed E-state index contributed by atoms with van der Waals surface area (Å²) in [6, 6.07) is 4.11. The van der Waals surface area contributed by atoms with Crippen LogP contribution in [0.5, 0.6) is 5.75 Å². The monoisotopic (exact) mass is 272 g/mol. The van der Waals surface area contributed by atoms with Crippen molar-refractivity contribution in [3.8, 4) is 5.75 Å². The Bertz CT molecular complexity index is 368. The summed E-state index contributed by atoms with van der Waals surface area (Å²) in [4.78, 5) is 11.5. The molecule has 4 heteroatoms. The van der Waals surface area contributed by atoms with E-state index in [-0.39, 0.29) is 17.6 Å². The number of carbonyl (C=O) groups is 1. The molecule has 0 heterocycles. The van der Waals surface area contributed by atoms with Gasteiger partial charge in [0.2, 0.25) is 0 Å². The lowest BCUT2D eigenvalue weighted by molar-refractivity contribution is -0.141. The van der Waals surface area contributed by atoms with Gasteiger partial charge >= 0.3 is 5.97 Å². The Balaban J connectivity index is 2.06. The molecule has 1 saturated carbocycles.